The SMILES string of the molecule is O=C(COc1ccc(Cl)cc1)Nc1ccc2c(c1)Sc1ccccc1C(=O)N2C1CC1. The molecule has 7 heteroatoms. The van der Waals surface area contributed by atoms with Crippen LogP contribution in [-0.2, 0) is 4.79 Å². The molecule has 2 amide bonds. The largest absolute Gasteiger partial charge is 0.484 e. The first-order valence-corrected chi connectivity index (χ1v) is 11.2. The lowest BCUT2D eigenvalue weighted by molar-refractivity contribution is -0.118. The molecule has 0 unspecified atom stereocenters. The van der Waals surface area contributed by atoms with Crippen molar-refractivity contribution in [2.24, 2.45) is 0 Å². The van der Waals surface area contributed by atoms with Crippen LogP contribution in [0.3, 0.4) is 0 Å². The highest BCUT2D eigenvalue weighted by Crippen LogP contribution is 2.46. The van der Waals surface area contributed by atoms with Crippen molar-refractivity contribution in [2.45, 2.75) is 28.7 Å². The van der Waals surface area contributed by atoms with E-state index in [1.807, 2.05) is 47.4 Å². The highest BCUT2D eigenvalue weighted by Gasteiger charge is 2.38. The van der Waals surface area contributed by atoms with E-state index in [0.29, 0.717) is 16.5 Å². The highest BCUT2D eigenvalue weighted by atomic mass is 35.5. The molecule has 0 aromatic heterocycles. The van der Waals surface area contributed by atoms with Gasteiger partial charge in [-0.2, -0.15) is 0 Å². The summed E-state index contributed by atoms with van der Waals surface area (Å²) in [5.74, 6) is 0.355. The summed E-state index contributed by atoms with van der Waals surface area (Å²) in [5.41, 5.74) is 2.28. The number of hydrogen-bond donors (Lipinski definition) is 1. The van der Waals surface area contributed by atoms with Gasteiger partial charge in [0.1, 0.15) is 5.75 Å². The van der Waals surface area contributed by atoms with Gasteiger partial charge in [0.15, 0.2) is 6.61 Å². The Labute approximate surface area is 189 Å². The molecule has 5 rings (SSSR count). The molecule has 3 aromatic carbocycles. The fourth-order valence-corrected chi connectivity index (χ4v) is 4.77. The number of nitrogens with zero attached hydrogens (tertiary/aromatic N) is 1. The fourth-order valence-electron chi connectivity index (χ4n) is 3.53. The van der Waals surface area contributed by atoms with Gasteiger partial charge >= 0.3 is 0 Å². The van der Waals surface area contributed by atoms with Crippen LogP contribution >= 0.6 is 23.4 Å². The number of hydrogen-bond acceptors (Lipinski definition) is 4. The lowest BCUT2D eigenvalue weighted by Gasteiger charge is -2.23. The lowest BCUT2D eigenvalue weighted by Crippen LogP contribution is -2.32. The number of halogens is 1. The number of anilines is 2. The Balaban J connectivity index is 1.36. The number of nitrogens with one attached hydrogen (secondary N) is 1. The molecule has 1 aliphatic carbocycles. The van der Waals surface area contributed by atoms with E-state index in [1.165, 1.54) is 0 Å². The van der Waals surface area contributed by atoms with Crippen LogP contribution < -0.4 is 15.0 Å². The van der Waals surface area contributed by atoms with Crippen molar-refractivity contribution in [3.8, 4) is 5.75 Å². The number of carbonyl (C=O) groups excluding carboxylic acids is 2. The smallest absolute Gasteiger partial charge is 0.262 e. The molecule has 1 fully saturated rings. The quantitative estimate of drug-likeness (QED) is 0.547. The summed E-state index contributed by atoms with van der Waals surface area (Å²) < 4.78 is 5.52. The number of benzene rings is 3. The van der Waals surface area contributed by atoms with Gasteiger partial charge in [0.05, 0.1) is 11.3 Å². The maximum Gasteiger partial charge on any atom is 0.262 e. The van der Waals surface area contributed by atoms with E-state index < -0.39 is 0 Å². The van der Waals surface area contributed by atoms with Gasteiger partial charge < -0.3 is 15.0 Å². The Bertz CT molecular complexity index is 1160. The Hall–Kier alpha value is -2.96. The molecule has 5 nitrogen and oxygen atoms in total. The van der Waals surface area contributed by atoms with E-state index in [9.17, 15) is 9.59 Å². The van der Waals surface area contributed by atoms with Crippen LogP contribution in [0, 0.1) is 0 Å². The molecule has 0 bridgehead atoms. The van der Waals surface area contributed by atoms with Crippen molar-refractivity contribution < 1.29 is 14.3 Å². The van der Waals surface area contributed by atoms with Crippen LogP contribution in [0.15, 0.2) is 76.5 Å². The highest BCUT2D eigenvalue weighted by molar-refractivity contribution is 7.99. The van der Waals surface area contributed by atoms with Crippen LogP contribution in [-0.4, -0.2) is 24.5 Å². The van der Waals surface area contributed by atoms with Crippen molar-refractivity contribution in [3.63, 3.8) is 0 Å². The summed E-state index contributed by atoms with van der Waals surface area (Å²) in [6.07, 6.45) is 2.02. The minimum Gasteiger partial charge on any atom is -0.484 e. The Kier molecular flexibility index (Phi) is 5.34. The van der Waals surface area contributed by atoms with Gasteiger partial charge in [-0.15, -0.1) is 0 Å². The summed E-state index contributed by atoms with van der Waals surface area (Å²) in [5, 5.41) is 3.49. The monoisotopic (exact) mass is 450 g/mol. The second kappa shape index (κ2) is 8.29. The normalized spacial score (nSPS) is 15.0. The summed E-state index contributed by atoms with van der Waals surface area (Å²) in [7, 11) is 0. The van der Waals surface area contributed by atoms with Crippen molar-refractivity contribution >= 4 is 46.6 Å². The molecule has 1 N–H and O–H groups in total. The van der Waals surface area contributed by atoms with E-state index >= 15 is 0 Å². The second-order valence-corrected chi connectivity index (χ2v) is 9.00. The summed E-state index contributed by atoms with van der Waals surface area (Å²) in [4.78, 5) is 29.4. The lowest BCUT2D eigenvalue weighted by atomic mass is 10.1. The van der Waals surface area contributed by atoms with Crippen LogP contribution in [0.2, 0.25) is 5.02 Å². The fraction of sp³-hybridized carbons (Fsp3) is 0.167. The third-order valence-corrected chi connectivity index (χ3v) is 6.53. The summed E-state index contributed by atoms with van der Waals surface area (Å²) >= 11 is 7.42. The molecule has 0 radical (unpaired) electrons. The Morgan fingerprint density at radius 3 is 2.61 bits per heavy atom. The minimum absolute atomic E-state index is 0.0394. The van der Waals surface area contributed by atoms with Crippen LogP contribution in [0.25, 0.3) is 0 Å². The minimum atomic E-state index is -0.260. The number of rotatable bonds is 5. The average molecular weight is 451 g/mol. The first kappa shape index (κ1) is 20.0. The molecule has 1 heterocycles. The topological polar surface area (TPSA) is 58.6 Å². The first-order valence-electron chi connectivity index (χ1n) is 10.0. The van der Waals surface area contributed by atoms with E-state index in [2.05, 4.69) is 5.32 Å². The molecular formula is C24H19ClN2O3S. The van der Waals surface area contributed by atoms with Crippen LogP contribution in [0.4, 0.5) is 11.4 Å². The standard InChI is InChI=1S/C24H19ClN2O3S/c25-15-5-10-18(11-6-15)30-14-23(28)26-16-7-12-20-22(13-16)31-21-4-2-1-3-19(21)24(29)27(20)17-8-9-17/h1-7,10-13,17H,8-9,14H2,(H,26,28). The molecule has 2 aliphatic rings. The molecule has 3 aromatic rings. The van der Waals surface area contributed by atoms with Gasteiger partial charge in [0.25, 0.3) is 11.8 Å². The molecule has 1 aliphatic heterocycles. The number of ether oxygens (including phenoxy) is 1. The third-order valence-electron chi connectivity index (χ3n) is 5.15. The van der Waals surface area contributed by atoms with Gasteiger partial charge in [0, 0.05) is 26.5 Å². The number of amides is 2. The maximum atomic E-state index is 13.2. The Morgan fingerprint density at radius 2 is 1.84 bits per heavy atom. The number of fused-ring (bicyclic) bond motifs is 2. The third kappa shape index (κ3) is 4.27. The van der Waals surface area contributed by atoms with Gasteiger partial charge in [-0.05, 0) is 67.4 Å². The summed E-state index contributed by atoms with van der Waals surface area (Å²) in [6.45, 7) is -0.110. The van der Waals surface area contributed by atoms with Gasteiger partial charge in [-0.3, -0.25) is 9.59 Å². The zero-order chi connectivity index (χ0) is 21.4. The predicted octanol–water partition coefficient (Wildman–Crippen LogP) is 5.63. The molecule has 1 saturated carbocycles. The van der Waals surface area contributed by atoms with Gasteiger partial charge in [-0.25, -0.2) is 0 Å². The van der Waals surface area contributed by atoms with Gasteiger partial charge in [0.2, 0.25) is 0 Å². The molecule has 0 atom stereocenters. The molecule has 0 spiro atoms. The van der Waals surface area contributed by atoms with Crippen molar-refractivity contribution in [2.75, 3.05) is 16.8 Å². The molecule has 156 valence electrons. The maximum absolute atomic E-state index is 13.2. The average Bonchev–Trinajstić information content (AvgIpc) is 3.60. The molecule has 0 saturated heterocycles. The van der Waals surface area contributed by atoms with Crippen molar-refractivity contribution in [1.82, 2.24) is 0 Å². The van der Waals surface area contributed by atoms with Gasteiger partial charge in [-0.1, -0.05) is 35.5 Å². The predicted molar refractivity (Wildman–Crippen MR) is 122 cm³/mol. The van der Waals surface area contributed by atoms with E-state index in [1.54, 1.807) is 36.0 Å². The Morgan fingerprint density at radius 1 is 1.06 bits per heavy atom. The second-order valence-electron chi connectivity index (χ2n) is 7.48. The van der Waals surface area contributed by atoms with Crippen molar-refractivity contribution in [3.05, 3.63) is 77.3 Å². The first-order chi connectivity index (χ1) is 15.1. The van der Waals surface area contributed by atoms with Crippen LogP contribution in [0.1, 0.15) is 23.2 Å². The number of carbonyl (C=O) groups is 2. The van der Waals surface area contributed by atoms with Crippen molar-refractivity contribution in [1.29, 1.82) is 0 Å². The van der Waals surface area contributed by atoms with Crippen LogP contribution in [0.5, 0.6) is 5.75 Å². The zero-order valence-corrected chi connectivity index (χ0v) is 18.1. The molecular weight excluding hydrogens is 432 g/mol. The molecule has 31 heavy (non-hydrogen) atoms. The summed E-state index contributed by atoms with van der Waals surface area (Å²) in [6, 6.07) is 20.4. The van der Waals surface area contributed by atoms with E-state index in [4.69, 9.17) is 16.3 Å². The zero-order valence-electron chi connectivity index (χ0n) is 16.5. The van der Waals surface area contributed by atoms with E-state index in [0.717, 1.165) is 33.9 Å². The van der Waals surface area contributed by atoms with E-state index in [-0.39, 0.29) is 24.5 Å².